The second-order valence-electron chi connectivity index (χ2n) is 8.70. The van der Waals surface area contributed by atoms with Crippen molar-refractivity contribution in [1.82, 2.24) is 10.2 Å². The molecule has 0 aromatic heterocycles. The summed E-state index contributed by atoms with van der Waals surface area (Å²) in [6, 6.07) is 16.4. The number of nitrogens with one attached hydrogen (secondary N) is 1. The minimum absolute atomic E-state index is 0.00689. The monoisotopic (exact) mass is 607 g/mol. The highest BCUT2D eigenvalue weighted by Crippen LogP contribution is 2.32. The van der Waals surface area contributed by atoms with Crippen LogP contribution in [-0.4, -0.2) is 58.5 Å². The van der Waals surface area contributed by atoms with Gasteiger partial charge in [0, 0.05) is 19.2 Å². The molecule has 0 spiro atoms. The van der Waals surface area contributed by atoms with Gasteiger partial charge in [0.15, 0.2) is 11.5 Å². The van der Waals surface area contributed by atoms with E-state index < -0.39 is 28.5 Å². The standard InChI is InChI=1S/C28H31Cl2N3O6S/c1-5-31-28(35)19(2)32(17-20-11-13-23(29)24(30)15-20)27(34)18-33(21-9-7-6-8-10-21)40(36,37)22-12-14-25(38-3)26(16-22)39-4/h6-16,19H,5,17-18H2,1-4H3,(H,31,35)/t19-/m1/s1. The third-order valence-corrected chi connectivity index (χ3v) is 8.63. The van der Waals surface area contributed by atoms with Crippen molar-refractivity contribution in [3.8, 4) is 11.5 Å². The lowest BCUT2D eigenvalue weighted by Crippen LogP contribution is -2.51. The maximum absolute atomic E-state index is 14.0. The lowest BCUT2D eigenvalue weighted by Gasteiger charge is -2.32. The third kappa shape index (κ3) is 7.18. The minimum Gasteiger partial charge on any atom is -0.493 e. The molecule has 2 amide bonds. The summed E-state index contributed by atoms with van der Waals surface area (Å²) in [5.41, 5.74) is 0.888. The van der Waals surface area contributed by atoms with Crippen LogP contribution in [0.2, 0.25) is 10.0 Å². The summed E-state index contributed by atoms with van der Waals surface area (Å²) in [5, 5.41) is 3.35. The molecule has 12 heteroatoms. The molecule has 0 saturated carbocycles. The predicted octanol–water partition coefficient (Wildman–Crippen LogP) is 4.76. The molecular formula is C28H31Cl2N3O6S. The summed E-state index contributed by atoms with van der Waals surface area (Å²) in [6.45, 7) is 3.12. The van der Waals surface area contributed by atoms with Crippen LogP contribution in [-0.2, 0) is 26.2 Å². The van der Waals surface area contributed by atoms with E-state index in [0.29, 0.717) is 27.9 Å². The zero-order chi connectivity index (χ0) is 29.4. The number of benzene rings is 3. The van der Waals surface area contributed by atoms with Crippen LogP contribution in [0.4, 0.5) is 5.69 Å². The van der Waals surface area contributed by atoms with Gasteiger partial charge in [0.25, 0.3) is 10.0 Å². The van der Waals surface area contributed by atoms with Crippen LogP contribution in [0, 0.1) is 0 Å². The molecule has 0 unspecified atom stereocenters. The Morgan fingerprint density at radius 2 is 1.60 bits per heavy atom. The maximum atomic E-state index is 14.0. The number of anilines is 1. The molecule has 0 saturated heterocycles. The number of sulfonamides is 1. The summed E-state index contributed by atoms with van der Waals surface area (Å²) in [7, 11) is -1.43. The molecule has 9 nitrogen and oxygen atoms in total. The van der Waals surface area contributed by atoms with E-state index in [9.17, 15) is 18.0 Å². The van der Waals surface area contributed by atoms with Crippen molar-refractivity contribution in [2.45, 2.75) is 31.3 Å². The number of rotatable bonds is 12. The molecule has 3 aromatic carbocycles. The number of ether oxygens (including phenoxy) is 2. The SMILES string of the molecule is CCNC(=O)[C@@H](C)N(Cc1ccc(Cl)c(Cl)c1)C(=O)CN(c1ccccc1)S(=O)(=O)c1ccc(OC)c(OC)c1. The highest BCUT2D eigenvalue weighted by molar-refractivity contribution is 7.92. The van der Waals surface area contributed by atoms with E-state index in [0.717, 1.165) is 4.31 Å². The van der Waals surface area contributed by atoms with Crippen molar-refractivity contribution in [1.29, 1.82) is 0 Å². The number of amides is 2. The molecule has 40 heavy (non-hydrogen) atoms. The fourth-order valence-electron chi connectivity index (χ4n) is 3.97. The number of carbonyl (C=O) groups excluding carboxylic acids is 2. The Bertz CT molecular complexity index is 1450. The number of methoxy groups -OCH3 is 2. The number of halogens is 2. The number of likely N-dealkylation sites (N-methyl/N-ethyl adjacent to an activating group) is 1. The van der Waals surface area contributed by atoms with Gasteiger partial charge in [-0.2, -0.15) is 0 Å². The van der Waals surface area contributed by atoms with Crippen LogP contribution in [0.5, 0.6) is 11.5 Å². The molecule has 3 rings (SSSR count). The van der Waals surface area contributed by atoms with E-state index in [4.69, 9.17) is 32.7 Å². The lowest BCUT2D eigenvalue weighted by atomic mass is 10.1. The second kappa shape index (κ2) is 13.7. The Morgan fingerprint density at radius 3 is 2.20 bits per heavy atom. The van der Waals surface area contributed by atoms with Crippen LogP contribution in [0.3, 0.4) is 0 Å². The first-order chi connectivity index (χ1) is 19.0. The van der Waals surface area contributed by atoms with Gasteiger partial charge in [-0.05, 0) is 55.8 Å². The first-order valence-corrected chi connectivity index (χ1v) is 14.5. The molecule has 0 fully saturated rings. The van der Waals surface area contributed by atoms with Gasteiger partial charge in [-0.15, -0.1) is 0 Å². The molecular weight excluding hydrogens is 577 g/mol. The lowest BCUT2D eigenvalue weighted by molar-refractivity contribution is -0.139. The number of nitrogens with zero attached hydrogens (tertiary/aromatic N) is 2. The molecule has 0 aliphatic carbocycles. The fraction of sp³-hybridized carbons (Fsp3) is 0.286. The van der Waals surface area contributed by atoms with Crippen molar-refractivity contribution in [2.24, 2.45) is 0 Å². The first-order valence-electron chi connectivity index (χ1n) is 12.3. The van der Waals surface area contributed by atoms with E-state index in [1.54, 1.807) is 62.4 Å². The Kier molecular flexibility index (Phi) is 10.7. The number of hydrogen-bond acceptors (Lipinski definition) is 6. The first kappa shape index (κ1) is 31.1. The van der Waals surface area contributed by atoms with Crippen LogP contribution >= 0.6 is 23.2 Å². The molecule has 1 N–H and O–H groups in total. The van der Waals surface area contributed by atoms with E-state index in [-0.39, 0.29) is 28.8 Å². The van der Waals surface area contributed by atoms with Gasteiger partial charge in [0.05, 0.1) is 34.8 Å². The average molecular weight is 609 g/mol. The Labute approximate surface area is 244 Å². The zero-order valence-electron chi connectivity index (χ0n) is 22.6. The van der Waals surface area contributed by atoms with Gasteiger partial charge in [-0.1, -0.05) is 47.5 Å². The van der Waals surface area contributed by atoms with Crippen molar-refractivity contribution in [2.75, 3.05) is 31.6 Å². The number of hydrogen-bond donors (Lipinski definition) is 1. The van der Waals surface area contributed by atoms with Crippen LogP contribution in [0.25, 0.3) is 0 Å². The molecule has 0 aliphatic heterocycles. The van der Waals surface area contributed by atoms with Gasteiger partial charge in [0.2, 0.25) is 11.8 Å². The Hall–Kier alpha value is -3.47. The molecule has 0 radical (unpaired) electrons. The largest absolute Gasteiger partial charge is 0.493 e. The summed E-state index contributed by atoms with van der Waals surface area (Å²) in [5.74, 6) is -0.413. The van der Waals surface area contributed by atoms with Gasteiger partial charge in [-0.3, -0.25) is 13.9 Å². The smallest absolute Gasteiger partial charge is 0.264 e. The summed E-state index contributed by atoms with van der Waals surface area (Å²) < 4.78 is 39.4. The van der Waals surface area contributed by atoms with Gasteiger partial charge >= 0.3 is 0 Å². The average Bonchev–Trinajstić information content (AvgIpc) is 2.95. The summed E-state index contributed by atoms with van der Waals surface area (Å²) in [6.07, 6.45) is 0. The van der Waals surface area contributed by atoms with E-state index >= 15 is 0 Å². The highest BCUT2D eigenvalue weighted by atomic mass is 35.5. The van der Waals surface area contributed by atoms with Crippen molar-refractivity contribution in [3.63, 3.8) is 0 Å². The van der Waals surface area contributed by atoms with E-state index in [1.165, 1.54) is 37.3 Å². The van der Waals surface area contributed by atoms with Crippen LogP contribution in [0.1, 0.15) is 19.4 Å². The summed E-state index contributed by atoms with van der Waals surface area (Å²) in [4.78, 5) is 27.9. The van der Waals surface area contributed by atoms with Gasteiger partial charge in [0.1, 0.15) is 12.6 Å². The normalized spacial score (nSPS) is 11.8. The Morgan fingerprint density at radius 1 is 0.925 bits per heavy atom. The van der Waals surface area contributed by atoms with Crippen molar-refractivity contribution in [3.05, 3.63) is 82.3 Å². The Balaban J connectivity index is 2.05. The van der Waals surface area contributed by atoms with Crippen LogP contribution in [0.15, 0.2) is 71.6 Å². The summed E-state index contributed by atoms with van der Waals surface area (Å²) >= 11 is 12.2. The molecule has 0 bridgehead atoms. The predicted molar refractivity (Wildman–Crippen MR) is 156 cm³/mol. The quantitative estimate of drug-likeness (QED) is 0.318. The van der Waals surface area contributed by atoms with E-state index in [2.05, 4.69) is 5.32 Å². The molecule has 1 atom stereocenters. The molecule has 0 heterocycles. The number of para-hydroxylation sites is 1. The third-order valence-electron chi connectivity index (χ3n) is 6.12. The zero-order valence-corrected chi connectivity index (χ0v) is 24.9. The molecule has 3 aromatic rings. The highest BCUT2D eigenvalue weighted by Gasteiger charge is 2.33. The molecule has 0 aliphatic rings. The topological polar surface area (TPSA) is 105 Å². The van der Waals surface area contributed by atoms with Crippen molar-refractivity contribution >= 4 is 50.7 Å². The minimum atomic E-state index is -4.27. The van der Waals surface area contributed by atoms with Gasteiger partial charge in [-0.25, -0.2) is 8.42 Å². The van der Waals surface area contributed by atoms with Crippen LogP contribution < -0.4 is 19.1 Å². The number of carbonyl (C=O) groups is 2. The second-order valence-corrected chi connectivity index (χ2v) is 11.4. The maximum Gasteiger partial charge on any atom is 0.264 e. The molecule has 214 valence electrons. The van der Waals surface area contributed by atoms with Gasteiger partial charge < -0.3 is 19.7 Å². The van der Waals surface area contributed by atoms with Crippen molar-refractivity contribution < 1.29 is 27.5 Å². The van der Waals surface area contributed by atoms with E-state index in [1.807, 2.05) is 0 Å². The fourth-order valence-corrected chi connectivity index (χ4v) is 5.72.